The zero-order chi connectivity index (χ0) is 18.2. The minimum atomic E-state index is -4.94. The quantitative estimate of drug-likeness (QED) is 0.851. The summed E-state index contributed by atoms with van der Waals surface area (Å²) in [5.41, 5.74) is 0.457. The summed E-state index contributed by atoms with van der Waals surface area (Å²) >= 11 is 0. The van der Waals surface area contributed by atoms with E-state index in [-0.39, 0.29) is 5.82 Å². The monoisotopic (exact) mass is 353 g/mol. The molecule has 0 unspecified atom stereocenters. The van der Waals surface area contributed by atoms with Gasteiger partial charge in [0.25, 0.3) is 0 Å². The van der Waals surface area contributed by atoms with Gasteiger partial charge < -0.3 is 4.90 Å². The summed E-state index contributed by atoms with van der Waals surface area (Å²) in [6.07, 6.45) is -2.76. The Kier molecular flexibility index (Phi) is 4.26. The fourth-order valence-corrected chi connectivity index (χ4v) is 3.46. The first-order valence-electron chi connectivity index (χ1n) is 7.96. The van der Waals surface area contributed by atoms with E-state index >= 15 is 0 Å². The number of aryl methyl sites for hydroxylation is 1. The summed E-state index contributed by atoms with van der Waals surface area (Å²) in [6.45, 7) is 1.90. The van der Waals surface area contributed by atoms with Crippen LogP contribution in [0, 0.1) is 6.92 Å². The molecular weight excluding hydrogens is 335 g/mol. The Labute approximate surface area is 142 Å². The molecule has 1 aliphatic carbocycles. The molecule has 0 radical (unpaired) electrons. The van der Waals surface area contributed by atoms with Gasteiger partial charge >= 0.3 is 12.1 Å². The Morgan fingerprint density at radius 3 is 2.56 bits per heavy atom. The van der Waals surface area contributed by atoms with Gasteiger partial charge in [0.05, 0.1) is 5.69 Å². The summed E-state index contributed by atoms with van der Waals surface area (Å²) in [7, 11) is 1.18. The third kappa shape index (κ3) is 2.98. The van der Waals surface area contributed by atoms with Crippen LogP contribution >= 0.6 is 0 Å². The van der Waals surface area contributed by atoms with Crippen molar-refractivity contribution in [2.75, 3.05) is 7.05 Å². The molecule has 3 rings (SSSR count). The molecule has 1 saturated carbocycles. The minimum absolute atomic E-state index is 0.260. The van der Waals surface area contributed by atoms with Gasteiger partial charge in [-0.25, -0.2) is 0 Å². The van der Waals surface area contributed by atoms with Crippen LogP contribution in [0.1, 0.15) is 37.1 Å². The highest BCUT2D eigenvalue weighted by atomic mass is 19.4. The molecule has 0 bridgehead atoms. The highest BCUT2D eigenvalue weighted by molar-refractivity contribution is 5.82. The van der Waals surface area contributed by atoms with Crippen molar-refractivity contribution in [2.24, 2.45) is 0 Å². The van der Waals surface area contributed by atoms with Crippen LogP contribution < -0.4 is 0 Å². The number of halogens is 3. The SMILES string of the molecule is Cc1cccc(-n2nnnc2C2(N(C)C(=O)C(F)(F)F)CCCC2)c1. The number of hydrogen-bond donors (Lipinski definition) is 0. The van der Waals surface area contributed by atoms with Crippen LogP contribution in [0.5, 0.6) is 0 Å². The molecule has 1 fully saturated rings. The normalized spacial score (nSPS) is 16.8. The second-order valence-corrected chi connectivity index (χ2v) is 6.35. The van der Waals surface area contributed by atoms with E-state index in [0.29, 0.717) is 31.4 Å². The van der Waals surface area contributed by atoms with Crippen LogP contribution in [0.2, 0.25) is 0 Å². The van der Waals surface area contributed by atoms with Gasteiger partial charge in [-0.15, -0.1) is 5.10 Å². The van der Waals surface area contributed by atoms with Crippen molar-refractivity contribution >= 4 is 5.91 Å². The minimum Gasteiger partial charge on any atom is -0.325 e. The number of carbonyl (C=O) groups is 1. The summed E-state index contributed by atoms with van der Waals surface area (Å²) in [4.78, 5) is 12.6. The summed E-state index contributed by atoms with van der Waals surface area (Å²) in [5, 5.41) is 11.6. The number of hydrogen-bond acceptors (Lipinski definition) is 4. The lowest BCUT2D eigenvalue weighted by molar-refractivity contribution is -0.190. The van der Waals surface area contributed by atoms with Crippen molar-refractivity contribution in [1.29, 1.82) is 0 Å². The van der Waals surface area contributed by atoms with Gasteiger partial charge in [-0.1, -0.05) is 25.0 Å². The van der Waals surface area contributed by atoms with Crippen LogP contribution in [-0.2, 0) is 10.3 Å². The van der Waals surface area contributed by atoms with Crippen molar-refractivity contribution < 1.29 is 18.0 Å². The molecule has 134 valence electrons. The Balaban J connectivity index is 2.09. The molecule has 1 aromatic heterocycles. The van der Waals surface area contributed by atoms with Gasteiger partial charge in [0.1, 0.15) is 5.54 Å². The smallest absolute Gasteiger partial charge is 0.325 e. The van der Waals surface area contributed by atoms with Crippen molar-refractivity contribution in [1.82, 2.24) is 25.1 Å². The van der Waals surface area contributed by atoms with Gasteiger partial charge in [0.15, 0.2) is 5.82 Å². The number of alkyl halides is 3. The lowest BCUT2D eigenvalue weighted by Gasteiger charge is -2.37. The van der Waals surface area contributed by atoms with Gasteiger partial charge in [0.2, 0.25) is 0 Å². The topological polar surface area (TPSA) is 63.9 Å². The standard InChI is InChI=1S/C16H18F3N5O/c1-11-6-5-7-12(10-11)24-13(20-21-22-24)15(8-3-4-9-15)23(2)14(25)16(17,18)19/h5-7,10H,3-4,8-9H2,1-2H3. The summed E-state index contributed by atoms with van der Waals surface area (Å²) in [5.74, 6) is -1.62. The average molecular weight is 353 g/mol. The average Bonchev–Trinajstić information content (AvgIpc) is 3.22. The maximum Gasteiger partial charge on any atom is 0.471 e. The molecule has 0 N–H and O–H groups in total. The maximum atomic E-state index is 13.0. The largest absolute Gasteiger partial charge is 0.471 e. The number of benzene rings is 1. The molecule has 0 saturated heterocycles. The lowest BCUT2D eigenvalue weighted by atomic mass is 9.93. The van der Waals surface area contributed by atoms with Crippen molar-refractivity contribution in [3.63, 3.8) is 0 Å². The van der Waals surface area contributed by atoms with E-state index in [1.165, 1.54) is 11.7 Å². The molecule has 1 heterocycles. The van der Waals surface area contributed by atoms with Crippen molar-refractivity contribution in [2.45, 2.75) is 44.3 Å². The van der Waals surface area contributed by atoms with E-state index in [1.807, 2.05) is 25.1 Å². The number of tetrazole rings is 1. The third-order valence-corrected chi connectivity index (χ3v) is 4.75. The van der Waals surface area contributed by atoms with Gasteiger partial charge in [-0.05, 0) is 47.9 Å². The van der Waals surface area contributed by atoms with Crippen molar-refractivity contribution in [3.8, 4) is 5.69 Å². The molecule has 0 aliphatic heterocycles. The number of rotatable bonds is 3. The van der Waals surface area contributed by atoms with Crippen LogP contribution in [0.4, 0.5) is 13.2 Å². The van der Waals surface area contributed by atoms with E-state index in [9.17, 15) is 18.0 Å². The van der Waals surface area contributed by atoms with E-state index < -0.39 is 17.6 Å². The number of aromatic nitrogens is 4. The fraction of sp³-hybridized carbons (Fsp3) is 0.500. The lowest BCUT2D eigenvalue weighted by Crippen LogP contribution is -2.51. The third-order valence-electron chi connectivity index (χ3n) is 4.75. The van der Waals surface area contributed by atoms with Gasteiger partial charge in [-0.2, -0.15) is 17.9 Å². The predicted octanol–water partition coefficient (Wildman–Crippen LogP) is 2.76. The highest BCUT2D eigenvalue weighted by Gasteiger charge is 2.52. The van der Waals surface area contributed by atoms with Crippen molar-refractivity contribution in [3.05, 3.63) is 35.7 Å². The van der Waals surface area contributed by atoms with E-state index in [4.69, 9.17) is 0 Å². The van der Waals surface area contributed by atoms with Gasteiger partial charge in [-0.3, -0.25) is 4.79 Å². The molecule has 0 spiro atoms. The first-order chi connectivity index (χ1) is 11.8. The second kappa shape index (κ2) is 6.12. The first-order valence-corrected chi connectivity index (χ1v) is 7.96. The Bertz CT molecular complexity index is 780. The van der Waals surface area contributed by atoms with Gasteiger partial charge in [0, 0.05) is 7.05 Å². The molecule has 1 amide bonds. The predicted molar refractivity (Wildman–Crippen MR) is 82.9 cm³/mol. The van der Waals surface area contributed by atoms with Crippen LogP contribution in [0.3, 0.4) is 0 Å². The van der Waals surface area contributed by atoms with Crippen LogP contribution in [0.25, 0.3) is 5.69 Å². The fourth-order valence-electron chi connectivity index (χ4n) is 3.46. The van der Waals surface area contributed by atoms with E-state index in [2.05, 4.69) is 15.5 Å². The van der Waals surface area contributed by atoms with E-state index in [0.717, 1.165) is 10.5 Å². The molecule has 1 aromatic carbocycles. The Hall–Kier alpha value is -2.45. The molecular formula is C16H18F3N5O. The zero-order valence-corrected chi connectivity index (χ0v) is 13.9. The Morgan fingerprint density at radius 1 is 1.28 bits per heavy atom. The molecule has 6 nitrogen and oxygen atoms in total. The number of carbonyl (C=O) groups excluding carboxylic acids is 1. The molecule has 0 atom stereocenters. The first kappa shape index (κ1) is 17.4. The maximum absolute atomic E-state index is 13.0. The second-order valence-electron chi connectivity index (χ2n) is 6.35. The van der Waals surface area contributed by atoms with Crippen LogP contribution in [-0.4, -0.2) is 44.2 Å². The molecule has 1 aliphatic rings. The Morgan fingerprint density at radius 2 is 1.96 bits per heavy atom. The highest BCUT2D eigenvalue weighted by Crippen LogP contribution is 2.44. The summed E-state index contributed by atoms with van der Waals surface area (Å²) in [6, 6.07) is 7.34. The molecule has 25 heavy (non-hydrogen) atoms. The van der Waals surface area contributed by atoms with E-state index in [1.54, 1.807) is 6.07 Å². The number of nitrogens with zero attached hydrogens (tertiary/aromatic N) is 5. The zero-order valence-electron chi connectivity index (χ0n) is 13.9. The number of amides is 1. The van der Waals surface area contributed by atoms with Crippen LogP contribution in [0.15, 0.2) is 24.3 Å². The molecule has 9 heteroatoms. The summed E-state index contributed by atoms with van der Waals surface area (Å²) < 4.78 is 40.4. The molecule has 2 aromatic rings.